The number of halogens is 1. The van der Waals surface area contributed by atoms with Gasteiger partial charge in [-0.15, -0.1) is 0 Å². The van der Waals surface area contributed by atoms with Gasteiger partial charge in [0.05, 0.1) is 16.8 Å². The number of phenols is 1. The third-order valence-corrected chi connectivity index (χ3v) is 2.96. The van der Waals surface area contributed by atoms with Crippen LogP contribution in [-0.2, 0) is 0 Å². The van der Waals surface area contributed by atoms with Crippen molar-refractivity contribution in [3.63, 3.8) is 0 Å². The van der Waals surface area contributed by atoms with Crippen LogP contribution >= 0.6 is 11.6 Å². The number of carboxylic acids is 1. The molecule has 0 unspecified atom stereocenters. The molecule has 2 aromatic rings. The molecule has 2 rings (SSSR count). The van der Waals surface area contributed by atoms with Crippen LogP contribution < -0.4 is 11.1 Å². The number of nitrogens with two attached hydrogens (primary N) is 1. The zero-order valence-corrected chi connectivity index (χ0v) is 11.4. The largest absolute Gasteiger partial charge is 0.507 e. The maximum absolute atomic E-state index is 12.1. The second-order valence-electron chi connectivity index (χ2n) is 4.23. The Hall–Kier alpha value is -2.73. The molecule has 0 saturated heterocycles. The number of aromatic hydroxyl groups is 1. The van der Waals surface area contributed by atoms with Crippen molar-refractivity contribution in [2.75, 3.05) is 11.1 Å². The van der Waals surface area contributed by atoms with Gasteiger partial charge in [0.1, 0.15) is 5.75 Å². The Kier molecular flexibility index (Phi) is 4.00. The van der Waals surface area contributed by atoms with Gasteiger partial charge in [0.2, 0.25) is 0 Å². The summed E-state index contributed by atoms with van der Waals surface area (Å²) in [7, 11) is 0. The summed E-state index contributed by atoms with van der Waals surface area (Å²) < 4.78 is 0. The average Bonchev–Trinajstić information content (AvgIpc) is 2.40. The van der Waals surface area contributed by atoms with Gasteiger partial charge < -0.3 is 21.3 Å². The topological polar surface area (TPSA) is 113 Å². The van der Waals surface area contributed by atoms with E-state index in [1.54, 1.807) is 0 Å². The second-order valence-corrected chi connectivity index (χ2v) is 4.66. The predicted molar refractivity (Wildman–Crippen MR) is 78.9 cm³/mol. The molecule has 0 atom stereocenters. The zero-order chi connectivity index (χ0) is 15.6. The second kappa shape index (κ2) is 5.72. The number of rotatable bonds is 3. The highest BCUT2D eigenvalue weighted by Crippen LogP contribution is 2.24. The zero-order valence-electron chi connectivity index (χ0n) is 10.6. The number of nitrogen functional groups attached to an aromatic ring is 1. The quantitative estimate of drug-likeness (QED) is 0.651. The lowest BCUT2D eigenvalue weighted by atomic mass is 10.1. The van der Waals surface area contributed by atoms with Crippen molar-refractivity contribution in [2.24, 2.45) is 0 Å². The summed E-state index contributed by atoms with van der Waals surface area (Å²) in [5.74, 6) is -2.18. The standard InChI is InChI=1S/C14H11ClN2O4/c15-7-1-3-9(12(18)5-7)13(19)17-11-4-2-8(16)6-10(11)14(20)21/h1-6,18H,16H2,(H,17,19)(H,20,21). The highest BCUT2D eigenvalue weighted by molar-refractivity contribution is 6.31. The van der Waals surface area contributed by atoms with Gasteiger partial charge in [0.15, 0.2) is 0 Å². The molecule has 108 valence electrons. The highest BCUT2D eigenvalue weighted by Gasteiger charge is 2.16. The van der Waals surface area contributed by atoms with Crippen molar-refractivity contribution >= 4 is 34.9 Å². The Labute approximate surface area is 124 Å². The van der Waals surface area contributed by atoms with Crippen molar-refractivity contribution in [3.05, 3.63) is 52.5 Å². The van der Waals surface area contributed by atoms with Gasteiger partial charge in [0, 0.05) is 10.7 Å². The first kappa shape index (κ1) is 14.7. The molecule has 0 heterocycles. The summed E-state index contributed by atoms with van der Waals surface area (Å²) in [4.78, 5) is 23.2. The molecule has 21 heavy (non-hydrogen) atoms. The molecule has 0 aliphatic carbocycles. The van der Waals surface area contributed by atoms with Crippen LogP contribution in [0.25, 0.3) is 0 Å². The number of nitrogens with one attached hydrogen (secondary N) is 1. The van der Waals surface area contributed by atoms with Crippen LogP contribution in [0.5, 0.6) is 5.75 Å². The van der Waals surface area contributed by atoms with E-state index in [0.717, 1.165) is 0 Å². The van der Waals surface area contributed by atoms with E-state index in [2.05, 4.69) is 5.32 Å². The summed E-state index contributed by atoms with van der Waals surface area (Å²) in [6.45, 7) is 0. The van der Waals surface area contributed by atoms with Crippen LogP contribution in [0.15, 0.2) is 36.4 Å². The number of carboxylic acid groups (broad SMARTS) is 1. The number of carbonyl (C=O) groups excluding carboxylic acids is 1. The Morgan fingerprint density at radius 1 is 1.10 bits per heavy atom. The monoisotopic (exact) mass is 306 g/mol. The van der Waals surface area contributed by atoms with Crippen molar-refractivity contribution in [1.29, 1.82) is 0 Å². The van der Waals surface area contributed by atoms with E-state index in [1.807, 2.05) is 0 Å². The van der Waals surface area contributed by atoms with Crippen LogP contribution in [-0.4, -0.2) is 22.1 Å². The number of hydrogen-bond donors (Lipinski definition) is 4. The first-order valence-electron chi connectivity index (χ1n) is 5.81. The molecular formula is C14H11ClN2O4. The fraction of sp³-hybridized carbons (Fsp3) is 0. The molecular weight excluding hydrogens is 296 g/mol. The Bertz CT molecular complexity index is 731. The molecule has 1 amide bonds. The van der Waals surface area contributed by atoms with Gasteiger partial charge in [-0.05, 0) is 36.4 Å². The summed E-state index contributed by atoms with van der Waals surface area (Å²) in [6, 6.07) is 8.08. The summed E-state index contributed by atoms with van der Waals surface area (Å²) in [5.41, 5.74) is 5.70. The van der Waals surface area contributed by atoms with E-state index in [0.29, 0.717) is 0 Å². The van der Waals surface area contributed by atoms with Crippen LogP contribution in [0.2, 0.25) is 5.02 Å². The Morgan fingerprint density at radius 2 is 1.81 bits per heavy atom. The molecule has 0 fully saturated rings. The number of amides is 1. The molecule has 0 aromatic heterocycles. The van der Waals surface area contributed by atoms with Crippen molar-refractivity contribution in [1.82, 2.24) is 0 Å². The number of aromatic carboxylic acids is 1. The van der Waals surface area contributed by atoms with Crippen LogP contribution in [0, 0.1) is 0 Å². The smallest absolute Gasteiger partial charge is 0.337 e. The molecule has 0 spiro atoms. The molecule has 0 aliphatic heterocycles. The summed E-state index contributed by atoms with van der Waals surface area (Å²) in [6.07, 6.45) is 0. The van der Waals surface area contributed by atoms with Crippen LogP contribution in [0.4, 0.5) is 11.4 Å². The lowest BCUT2D eigenvalue weighted by molar-refractivity contribution is 0.0698. The van der Waals surface area contributed by atoms with Gasteiger partial charge in [0.25, 0.3) is 5.91 Å². The van der Waals surface area contributed by atoms with Crippen molar-refractivity contribution in [3.8, 4) is 5.75 Å². The predicted octanol–water partition coefficient (Wildman–Crippen LogP) is 2.58. The van der Waals surface area contributed by atoms with E-state index < -0.39 is 11.9 Å². The number of carbonyl (C=O) groups is 2. The molecule has 0 bridgehead atoms. The van der Waals surface area contributed by atoms with E-state index >= 15 is 0 Å². The first-order chi connectivity index (χ1) is 9.88. The maximum atomic E-state index is 12.1. The molecule has 7 heteroatoms. The average molecular weight is 307 g/mol. The highest BCUT2D eigenvalue weighted by atomic mass is 35.5. The summed E-state index contributed by atoms with van der Waals surface area (Å²) in [5, 5.41) is 21.5. The molecule has 0 saturated carbocycles. The van der Waals surface area contributed by atoms with E-state index in [4.69, 9.17) is 22.4 Å². The fourth-order valence-corrected chi connectivity index (χ4v) is 1.90. The van der Waals surface area contributed by atoms with Crippen LogP contribution in [0.1, 0.15) is 20.7 Å². The molecule has 2 aromatic carbocycles. The number of anilines is 2. The van der Waals surface area contributed by atoms with Gasteiger partial charge in [-0.3, -0.25) is 4.79 Å². The minimum absolute atomic E-state index is 0.0208. The Morgan fingerprint density at radius 3 is 2.43 bits per heavy atom. The number of benzene rings is 2. The lowest BCUT2D eigenvalue weighted by Gasteiger charge is -2.10. The molecule has 0 aliphatic rings. The van der Waals surface area contributed by atoms with E-state index in [9.17, 15) is 14.7 Å². The molecule has 6 nitrogen and oxygen atoms in total. The normalized spacial score (nSPS) is 10.1. The number of phenolic OH excluding ortho intramolecular Hbond substituents is 1. The number of hydrogen-bond acceptors (Lipinski definition) is 4. The maximum Gasteiger partial charge on any atom is 0.337 e. The third-order valence-electron chi connectivity index (χ3n) is 2.73. The third kappa shape index (κ3) is 3.24. The van der Waals surface area contributed by atoms with Gasteiger partial charge in [-0.25, -0.2) is 4.79 Å². The first-order valence-corrected chi connectivity index (χ1v) is 6.19. The fourth-order valence-electron chi connectivity index (χ4n) is 1.73. The van der Waals surface area contributed by atoms with Gasteiger partial charge >= 0.3 is 5.97 Å². The van der Waals surface area contributed by atoms with Crippen LogP contribution in [0.3, 0.4) is 0 Å². The Balaban J connectivity index is 2.34. The molecule has 0 radical (unpaired) electrons. The molecule has 5 N–H and O–H groups in total. The van der Waals surface area contributed by atoms with Gasteiger partial charge in [-0.2, -0.15) is 0 Å². The van der Waals surface area contributed by atoms with Crippen molar-refractivity contribution < 1.29 is 19.8 Å². The van der Waals surface area contributed by atoms with E-state index in [1.165, 1.54) is 36.4 Å². The minimum Gasteiger partial charge on any atom is -0.507 e. The SMILES string of the molecule is Nc1ccc(NC(=O)c2ccc(Cl)cc2O)c(C(=O)O)c1. The lowest BCUT2D eigenvalue weighted by Crippen LogP contribution is -2.15. The summed E-state index contributed by atoms with van der Waals surface area (Å²) >= 11 is 5.68. The van der Waals surface area contributed by atoms with Crippen molar-refractivity contribution in [2.45, 2.75) is 0 Å². The van der Waals surface area contributed by atoms with E-state index in [-0.39, 0.29) is 33.3 Å². The minimum atomic E-state index is -1.22. The van der Waals surface area contributed by atoms with Gasteiger partial charge in [-0.1, -0.05) is 11.6 Å².